The fraction of sp³-hybridized carbons (Fsp3) is 0.929. The van der Waals surface area contributed by atoms with E-state index in [1.807, 2.05) is 0 Å². The molecule has 2 aliphatic carbocycles. The van der Waals surface area contributed by atoms with Crippen LogP contribution in [0.25, 0.3) is 0 Å². The van der Waals surface area contributed by atoms with Crippen LogP contribution in [-0.2, 0) is 4.79 Å². The van der Waals surface area contributed by atoms with E-state index in [4.69, 9.17) is 5.73 Å². The molecule has 0 spiro atoms. The smallest absolute Gasteiger partial charge is 0.237 e. The highest BCUT2D eigenvalue weighted by molar-refractivity contribution is 5.84. The molecular weight excluding hydrogens is 212 g/mol. The van der Waals surface area contributed by atoms with Gasteiger partial charge in [0.25, 0.3) is 0 Å². The summed E-state index contributed by atoms with van der Waals surface area (Å²) in [5.74, 6) is -0.139. The molecule has 2 rings (SSSR count). The molecule has 3 N–H and O–H groups in total. The number of hydrogen-bond donors (Lipinski definition) is 2. The van der Waals surface area contributed by atoms with Crippen LogP contribution in [0.4, 0.5) is 0 Å². The molecule has 1 amide bonds. The minimum atomic E-state index is -0.412. The Bertz CT molecular complexity index is 283. The predicted molar refractivity (Wildman–Crippen MR) is 69.6 cm³/mol. The molecule has 2 aliphatic rings. The monoisotopic (exact) mass is 238 g/mol. The number of amides is 1. The van der Waals surface area contributed by atoms with Crippen molar-refractivity contribution in [3.63, 3.8) is 0 Å². The topological polar surface area (TPSA) is 55.1 Å². The molecule has 2 fully saturated rings. The van der Waals surface area contributed by atoms with Gasteiger partial charge in [-0.2, -0.15) is 0 Å². The molecule has 0 aromatic rings. The molecule has 0 unspecified atom stereocenters. The number of rotatable bonds is 3. The zero-order valence-corrected chi connectivity index (χ0v) is 11.2. The maximum absolute atomic E-state index is 11.8. The normalized spacial score (nSPS) is 28.1. The Morgan fingerprint density at radius 3 is 2.12 bits per heavy atom. The second-order valence-corrected chi connectivity index (χ2v) is 6.74. The third-order valence-electron chi connectivity index (χ3n) is 4.76. The van der Waals surface area contributed by atoms with E-state index in [-0.39, 0.29) is 5.91 Å². The third kappa shape index (κ3) is 2.82. The van der Waals surface area contributed by atoms with Crippen molar-refractivity contribution in [2.75, 3.05) is 0 Å². The molecule has 0 aromatic carbocycles. The molecule has 2 saturated carbocycles. The van der Waals surface area contributed by atoms with Crippen molar-refractivity contribution >= 4 is 5.91 Å². The van der Waals surface area contributed by atoms with E-state index in [0.29, 0.717) is 11.5 Å². The minimum absolute atomic E-state index is 0.139. The first-order valence-corrected chi connectivity index (χ1v) is 7.01. The molecule has 0 atom stereocenters. The lowest BCUT2D eigenvalue weighted by Crippen LogP contribution is -2.60. The van der Waals surface area contributed by atoms with E-state index >= 15 is 0 Å². The first-order valence-electron chi connectivity index (χ1n) is 7.01. The summed E-state index contributed by atoms with van der Waals surface area (Å²) >= 11 is 0. The Morgan fingerprint density at radius 1 is 1.12 bits per heavy atom. The van der Waals surface area contributed by atoms with Crippen molar-refractivity contribution in [3.05, 3.63) is 0 Å². The largest absolute Gasteiger partial charge is 0.368 e. The maximum Gasteiger partial charge on any atom is 0.237 e. The first-order chi connectivity index (χ1) is 7.94. The van der Waals surface area contributed by atoms with Crippen LogP contribution in [0.2, 0.25) is 0 Å². The first kappa shape index (κ1) is 12.9. The van der Waals surface area contributed by atoms with Crippen molar-refractivity contribution in [2.45, 2.75) is 76.8 Å². The van der Waals surface area contributed by atoms with Crippen LogP contribution < -0.4 is 11.1 Å². The lowest BCUT2D eigenvalue weighted by Gasteiger charge is -2.43. The van der Waals surface area contributed by atoms with Gasteiger partial charge in [0, 0.05) is 6.04 Å². The van der Waals surface area contributed by atoms with Gasteiger partial charge < -0.3 is 11.1 Å². The lowest BCUT2D eigenvalue weighted by molar-refractivity contribution is -0.127. The summed E-state index contributed by atoms with van der Waals surface area (Å²) < 4.78 is 0. The minimum Gasteiger partial charge on any atom is -0.368 e. The summed E-state index contributed by atoms with van der Waals surface area (Å²) in [4.78, 5) is 11.8. The summed E-state index contributed by atoms with van der Waals surface area (Å²) in [6.45, 7) is 4.57. The maximum atomic E-state index is 11.8. The van der Waals surface area contributed by atoms with Gasteiger partial charge in [0.15, 0.2) is 0 Å². The Morgan fingerprint density at radius 2 is 1.65 bits per heavy atom. The van der Waals surface area contributed by atoms with Gasteiger partial charge >= 0.3 is 0 Å². The summed E-state index contributed by atoms with van der Waals surface area (Å²) in [6.07, 6.45) is 9.00. The fourth-order valence-electron chi connectivity index (χ4n) is 3.28. The van der Waals surface area contributed by atoms with Crippen molar-refractivity contribution in [1.29, 1.82) is 0 Å². The van der Waals surface area contributed by atoms with E-state index < -0.39 is 5.54 Å². The molecule has 0 heterocycles. The van der Waals surface area contributed by atoms with Crippen molar-refractivity contribution < 1.29 is 4.79 Å². The van der Waals surface area contributed by atoms with Crippen LogP contribution in [0, 0.1) is 5.41 Å². The summed E-state index contributed by atoms with van der Waals surface area (Å²) in [5.41, 5.74) is 5.63. The van der Waals surface area contributed by atoms with Gasteiger partial charge in [0.1, 0.15) is 0 Å². The molecule has 98 valence electrons. The molecule has 0 saturated heterocycles. The number of carbonyl (C=O) groups is 1. The Kier molecular flexibility index (Phi) is 3.48. The highest BCUT2D eigenvalue weighted by atomic mass is 16.1. The van der Waals surface area contributed by atoms with Gasteiger partial charge in [-0.1, -0.05) is 26.7 Å². The predicted octanol–water partition coefficient (Wildman–Crippen LogP) is 2.34. The highest BCUT2D eigenvalue weighted by Gasteiger charge is 2.43. The average Bonchev–Trinajstić information content (AvgIpc) is 2.74. The van der Waals surface area contributed by atoms with E-state index in [9.17, 15) is 4.79 Å². The van der Waals surface area contributed by atoms with Crippen LogP contribution in [-0.4, -0.2) is 17.5 Å². The summed E-state index contributed by atoms with van der Waals surface area (Å²) in [6, 6.07) is 0.517. The van der Waals surface area contributed by atoms with Crippen LogP contribution >= 0.6 is 0 Å². The Hall–Kier alpha value is -0.570. The zero-order chi connectivity index (χ0) is 12.5. The van der Waals surface area contributed by atoms with Crippen molar-refractivity contribution in [1.82, 2.24) is 5.32 Å². The van der Waals surface area contributed by atoms with Gasteiger partial charge in [0.2, 0.25) is 5.91 Å². The van der Waals surface area contributed by atoms with E-state index in [0.717, 1.165) is 25.7 Å². The molecule has 0 aromatic heterocycles. The van der Waals surface area contributed by atoms with Crippen molar-refractivity contribution in [3.8, 4) is 0 Å². The van der Waals surface area contributed by atoms with Gasteiger partial charge in [0.05, 0.1) is 5.54 Å². The van der Waals surface area contributed by atoms with E-state index in [1.165, 1.54) is 25.7 Å². The second-order valence-electron chi connectivity index (χ2n) is 6.74. The standard InChI is InChI=1S/C14H26N2O/c1-13(2)7-9-14(10-8-13,12(15)17)16-11-5-3-4-6-11/h11,16H,3-10H2,1-2H3,(H2,15,17). The number of primary amides is 1. The Labute approximate surface area is 105 Å². The summed E-state index contributed by atoms with van der Waals surface area (Å²) in [5, 5.41) is 3.59. The fourth-order valence-corrected chi connectivity index (χ4v) is 3.28. The third-order valence-corrected chi connectivity index (χ3v) is 4.76. The molecule has 3 heteroatoms. The number of nitrogens with two attached hydrogens (primary N) is 1. The van der Waals surface area contributed by atoms with E-state index in [1.54, 1.807) is 0 Å². The number of hydrogen-bond acceptors (Lipinski definition) is 2. The average molecular weight is 238 g/mol. The molecule has 17 heavy (non-hydrogen) atoms. The van der Waals surface area contributed by atoms with Gasteiger partial charge in [-0.3, -0.25) is 4.79 Å². The molecular formula is C14H26N2O. The van der Waals surface area contributed by atoms with Crippen LogP contribution in [0.15, 0.2) is 0 Å². The summed E-state index contributed by atoms with van der Waals surface area (Å²) in [7, 11) is 0. The van der Waals surface area contributed by atoms with Gasteiger partial charge in [-0.05, 0) is 43.9 Å². The number of nitrogens with one attached hydrogen (secondary N) is 1. The number of carbonyl (C=O) groups excluding carboxylic acids is 1. The van der Waals surface area contributed by atoms with Crippen molar-refractivity contribution in [2.24, 2.45) is 11.1 Å². The zero-order valence-electron chi connectivity index (χ0n) is 11.2. The van der Waals surface area contributed by atoms with Crippen LogP contribution in [0.1, 0.15) is 65.2 Å². The van der Waals surface area contributed by atoms with Gasteiger partial charge in [-0.25, -0.2) is 0 Å². The molecule has 0 aliphatic heterocycles. The Balaban J connectivity index is 2.03. The van der Waals surface area contributed by atoms with E-state index in [2.05, 4.69) is 19.2 Å². The molecule has 3 nitrogen and oxygen atoms in total. The molecule has 0 bridgehead atoms. The van der Waals surface area contributed by atoms with Crippen LogP contribution in [0.5, 0.6) is 0 Å². The van der Waals surface area contributed by atoms with Gasteiger partial charge in [-0.15, -0.1) is 0 Å². The molecule has 0 radical (unpaired) electrons. The second kappa shape index (κ2) is 4.60. The highest BCUT2D eigenvalue weighted by Crippen LogP contribution is 2.41. The SMILES string of the molecule is CC1(C)CCC(NC2CCCC2)(C(N)=O)CC1. The quantitative estimate of drug-likeness (QED) is 0.793. The lowest BCUT2D eigenvalue weighted by atomic mass is 9.69. The van der Waals surface area contributed by atoms with Crippen LogP contribution in [0.3, 0.4) is 0 Å².